The Morgan fingerprint density at radius 2 is 1.82 bits per heavy atom. The highest BCUT2D eigenvalue weighted by atomic mass is 35.5. The largest absolute Gasteiger partial charge is 0.451 e. The lowest BCUT2D eigenvalue weighted by Gasteiger charge is -2.10. The van der Waals surface area contributed by atoms with Crippen LogP contribution in [0.15, 0.2) is 59.0 Å². The highest BCUT2D eigenvalue weighted by Crippen LogP contribution is 2.31. The first-order chi connectivity index (χ1) is 13.5. The molecule has 3 aromatic rings. The lowest BCUT2D eigenvalue weighted by Crippen LogP contribution is -2.32. The summed E-state index contributed by atoms with van der Waals surface area (Å²) >= 11 is 12.1. The first-order valence-corrected chi connectivity index (χ1v) is 9.44. The second-order valence-corrected chi connectivity index (χ2v) is 6.87. The number of halogens is 2. The number of carbonyl (C=O) groups excluding carboxylic acids is 2. The van der Waals surface area contributed by atoms with Crippen molar-refractivity contribution < 1.29 is 14.0 Å². The highest BCUT2D eigenvalue weighted by molar-refractivity contribution is 6.36. The molecule has 28 heavy (non-hydrogen) atoms. The van der Waals surface area contributed by atoms with Gasteiger partial charge >= 0.3 is 0 Å². The smallest absolute Gasteiger partial charge is 0.287 e. The number of furan rings is 1. The third-order valence-corrected chi connectivity index (χ3v) is 4.66. The van der Waals surface area contributed by atoms with Crippen molar-refractivity contribution in [2.24, 2.45) is 0 Å². The van der Waals surface area contributed by atoms with E-state index in [4.69, 9.17) is 27.6 Å². The maximum absolute atomic E-state index is 12.3. The maximum atomic E-state index is 12.3. The van der Waals surface area contributed by atoms with Gasteiger partial charge in [-0.15, -0.1) is 0 Å². The van der Waals surface area contributed by atoms with E-state index in [2.05, 4.69) is 10.6 Å². The van der Waals surface area contributed by atoms with Crippen molar-refractivity contribution in [3.05, 3.63) is 76.0 Å². The van der Waals surface area contributed by atoms with Crippen LogP contribution >= 0.6 is 23.2 Å². The molecule has 1 aromatic heterocycles. The van der Waals surface area contributed by atoms with Gasteiger partial charge in [-0.1, -0.05) is 48.3 Å². The quantitative estimate of drug-likeness (QED) is 0.580. The molecular formula is C21H18Cl2N2O3. The van der Waals surface area contributed by atoms with Crippen molar-refractivity contribution in [3.8, 4) is 11.3 Å². The summed E-state index contributed by atoms with van der Waals surface area (Å²) in [6, 6.07) is 15.7. The van der Waals surface area contributed by atoms with Crippen molar-refractivity contribution in [2.75, 3.05) is 11.9 Å². The van der Waals surface area contributed by atoms with E-state index in [1.165, 1.54) is 6.07 Å². The molecule has 0 radical (unpaired) electrons. The number of para-hydroxylation sites is 1. The molecule has 2 N–H and O–H groups in total. The Labute approximate surface area is 172 Å². The van der Waals surface area contributed by atoms with Crippen LogP contribution in [0.1, 0.15) is 23.0 Å². The molecule has 0 saturated heterocycles. The Hall–Kier alpha value is -2.76. The summed E-state index contributed by atoms with van der Waals surface area (Å²) < 4.78 is 5.57. The van der Waals surface area contributed by atoms with Gasteiger partial charge in [0.05, 0.1) is 11.6 Å². The van der Waals surface area contributed by atoms with Crippen LogP contribution in [0.5, 0.6) is 0 Å². The van der Waals surface area contributed by atoms with E-state index >= 15 is 0 Å². The average molecular weight is 417 g/mol. The third kappa shape index (κ3) is 4.74. The SMILES string of the molecule is CCc1ccccc1NC(=O)CNC(=O)c1ccc(-c2ccc(Cl)cc2Cl)o1. The van der Waals surface area contributed by atoms with Gasteiger partial charge in [0.2, 0.25) is 5.91 Å². The van der Waals surface area contributed by atoms with Gasteiger partial charge in [0, 0.05) is 16.3 Å². The molecule has 0 bridgehead atoms. The topological polar surface area (TPSA) is 71.3 Å². The lowest BCUT2D eigenvalue weighted by atomic mass is 10.1. The van der Waals surface area contributed by atoms with Crippen LogP contribution in [-0.2, 0) is 11.2 Å². The molecule has 1 heterocycles. The van der Waals surface area contributed by atoms with Gasteiger partial charge < -0.3 is 15.1 Å². The van der Waals surface area contributed by atoms with Gasteiger partial charge in [0.1, 0.15) is 5.76 Å². The predicted molar refractivity (Wildman–Crippen MR) is 111 cm³/mol. The molecule has 7 heteroatoms. The summed E-state index contributed by atoms with van der Waals surface area (Å²) in [7, 11) is 0. The molecule has 3 rings (SSSR count). The zero-order chi connectivity index (χ0) is 20.1. The molecule has 2 aromatic carbocycles. The van der Waals surface area contributed by atoms with Gasteiger partial charge in [0.15, 0.2) is 5.76 Å². The number of benzene rings is 2. The van der Waals surface area contributed by atoms with E-state index < -0.39 is 5.91 Å². The van der Waals surface area contributed by atoms with Crippen LogP contribution in [0.2, 0.25) is 10.0 Å². The minimum atomic E-state index is -0.490. The standard InChI is InChI=1S/C21H18Cl2N2O3/c1-2-13-5-3-4-6-17(13)25-20(26)12-24-21(27)19-10-9-18(28-19)15-8-7-14(22)11-16(15)23/h3-11H,2,12H2,1H3,(H,24,27)(H,25,26). The molecule has 144 valence electrons. The Kier molecular flexibility index (Phi) is 6.39. The van der Waals surface area contributed by atoms with Crippen LogP contribution in [0, 0.1) is 0 Å². The summed E-state index contributed by atoms with van der Waals surface area (Å²) in [5.74, 6) is -0.284. The number of amides is 2. The second kappa shape index (κ2) is 8.95. The molecule has 0 saturated carbocycles. The molecule has 0 aliphatic carbocycles. The molecule has 0 atom stereocenters. The fourth-order valence-corrected chi connectivity index (χ4v) is 3.19. The molecule has 0 aliphatic rings. The Morgan fingerprint density at radius 3 is 2.57 bits per heavy atom. The summed E-state index contributed by atoms with van der Waals surface area (Å²) in [6.45, 7) is 1.84. The average Bonchev–Trinajstić information content (AvgIpc) is 3.16. The van der Waals surface area contributed by atoms with Gasteiger partial charge in [-0.05, 0) is 48.4 Å². The fraction of sp³-hybridized carbons (Fsp3) is 0.143. The lowest BCUT2D eigenvalue weighted by molar-refractivity contribution is -0.115. The van der Waals surface area contributed by atoms with E-state index in [9.17, 15) is 9.59 Å². The third-order valence-electron chi connectivity index (χ3n) is 4.11. The minimum Gasteiger partial charge on any atom is -0.451 e. The van der Waals surface area contributed by atoms with E-state index in [1.54, 1.807) is 24.3 Å². The van der Waals surface area contributed by atoms with Crippen LogP contribution < -0.4 is 10.6 Å². The number of hydrogen-bond acceptors (Lipinski definition) is 3. The zero-order valence-corrected chi connectivity index (χ0v) is 16.6. The first kappa shape index (κ1) is 20.0. The van der Waals surface area contributed by atoms with Crippen molar-refractivity contribution in [1.29, 1.82) is 0 Å². The van der Waals surface area contributed by atoms with E-state index in [0.29, 0.717) is 21.4 Å². The second-order valence-electron chi connectivity index (χ2n) is 6.03. The van der Waals surface area contributed by atoms with Gasteiger partial charge in [-0.3, -0.25) is 9.59 Å². The molecule has 0 spiro atoms. The van der Waals surface area contributed by atoms with Gasteiger partial charge in [-0.25, -0.2) is 0 Å². The Balaban J connectivity index is 1.61. The normalized spacial score (nSPS) is 10.5. The maximum Gasteiger partial charge on any atom is 0.287 e. The van der Waals surface area contributed by atoms with Crippen molar-refractivity contribution >= 4 is 40.7 Å². The molecule has 0 aliphatic heterocycles. The van der Waals surface area contributed by atoms with E-state index in [0.717, 1.165) is 17.7 Å². The summed E-state index contributed by atoms with van der Waals surface area (Å²) in [4.78, 5) is 24.4. The monoisotopic (exact) mass is 416 g/mol. The highest BCUT2D eigenvalue weighted by Gasteiger charge is 2.15. The minimum absolute atomic E-state index is 0.0859. The summed E-state index contributed by atoms with van der Waals surface area (Å²) in [5, 5.41) is 6.27. The van der Waals surface area contributed by atoms with E-state index in [1.807, 2.05) is 31.2 Å². The van der Waals surface area contributed by atoms with Crippen LogP contribution in [0.25, 0.3) is 11.3 Å². The number of anilines is 1. The number of aryl methyl sites for hydroxylation is 1. The molecular weight excluding hydrogens is 399 g/mol. The number of nitrogens with one attached hydrogen (secondary N) is 2. The zero-order valence-electron chi connectivity index (χ0n) is 15.1. The molecule has 0 fully saturated rings. The van der Waals surface area contributed by atoms with Crippen molar-refractivity contribution in [2.45, 2.75) is 13.3 Å². The van der Waals surface area contributed by atoms with E-state index in [-0.39, 0.29) is 18.2 Å². The fourth-order valence-electron chi connectivity index (χ4n) is 2.69. The van der Waals surface area contributed by atoms with Crippen LogP contribution in [0.4, 0.5) is 5.69 Å². The number of rotatable bonds is 6. The van der Waals surface area contributed by atoms with Gasteiger partial charge in [0.25, 0.3) is 5.91 Å². The van der Waals surface area contributed by atoms with Crippen molar-refractivity contribution in [3.63, 3.8) is 0 Å². The first-order valence-electron chi connectivity index (χ1n) is 8.69. The number of hydrogen-bond donors (Lipinski definition) is 2. The van der Waals surface area contributed by atoms with Gasteiger partial charge in [-0.2, -0.15) is 0 Å². The Bertz CT molecular complexity index is 1010. The molecule has 0 unspecified atom stereocenters. The Morgan fingerprint density at radius 1 is 1.04 bits per heavy atom. The summed E-state index contributed by atoms with van der Waals surface area (Å²) in [6.07, 6.45) is 0.797. The van der Waals surface area contributed by atoms with Crippen molar-refractivity contribution in [1.82, 2.24) is 5.32 Å². The molecule has 2 amide bonds. The molecule has 5 nitrogen and oxygen atoms in total. The van der Waals surface area contributed by atoms with Crippen LogP contribution in [0.3, 0.4) is 0 Å². The van der Waals surface area contributed by atoms with Crippen LogP contribution in [-0.4, -0.2) is 18.4 Å². The number of carbonyl (C=O) groups is 2. The summed E-state index contributed by atoms with van der Waals surface area (Å²) in [5.41, 5.74) is 2.39. The predicted octanol–water partition coefficient (Wildman–Crippen LogP) is 5.18.